The van der Waals surface area contributed by atoms with E-state index in [4.69, 9.17) is 34.4 Å². The van der Waals surface area contributed by atoms with Gasteiger partial charge < -0.3 is 34.4 Å². The Labute approximate surface area is 173 Å². The third-order valence-corrected chi connectivity index (χ3v) is 3.62. The van der Waals surface area contributed by atoms with Gasteiger partial charge in [0.1, 0.15) is 0 Å². The van der Waals surface area contributed by atoms with Gasteiger partial charge in [0.05, 0.1) is 11.1 Å². The summed E-state index contributed by atoms with van der Waals surface area (Å²) in [6, 6.07) is 20.0. The van der Waals surface area contributed by atoms with Crippen molar-refractivity contribution in [3.8, 4) is 0 Å². The molecule has 0 aromatic heterocycles. The molecular formula is C21H24N6O3. The van der Waals surface area contributed by atoms with Gasteiger partial charge in [-0.2, -0.15) is 0 Å². The number of para-hydroxylation sites is 2. The normalized spacial score (nSPS) is 9.20. The number of nitrogens with two attached hydrogens (primary N) is 6. The summed E-state index contributed by atoms with van der Waals surface area (Å²) in [6.45, 7) is 0. The van der Waals surface area contributed by atoms with E-state index >= 15 is 0 Å². The van der Waals surface area contributed by atoms with Crippen LogP contribution in [0.4, 0.5) is 17.1 Å². The highest BCUT2D eigenvalue weighted by molar-refractivity contribution is 5.98. The number of carbonyl (C=O) groups is 3. The quantitative estimate of drug-likeness (QED) is 0.349. The van der Waals surface area contributed by atoms with Crippen molar-refractivity contribution >= 4 is 34.8 Å². The highest BCUT2D eigenvalue weighted by Crippen LogP contribution is 2.09. The second-order valence-electron chi connectivity index (χ2n) is 5.89. The van der Waals surface area contributed by atoms with Crippen molar-refractivity contribution in [1.82, 2.24) is 0 Å². The first-order chi connectivity index (χ1) is 14.1. The van der Waals surface area contributed by atoms with Gasteiger partial charge in [0.25, 0.3) is 11.8 Å². The van der Waals surface area contributed by atoms with Crippen molar-refractivity contribution in [3.05, 3.63) is 89.5 Å². The predicted octanol–water partition coefficient (Wildman–Crippen LogP) is 1.10. The summed E-state index contributed by atoms with van der Waals surface area (Å²) in [6.07, 6.45) is 0. The van der Waals surface area contributed by atoms with E-state index in [0.717, 1.165) is 0 Å². The number of amides is 3. The Balaban J connectivity index is 0.000000225. The van der Waals surface area contributed by atoms with E-state index < -0.39 is 17.7 Å². The largest absolute Gasteiger partial charge is 0.399 e. The van der Waals surface area contributed by atoms with E-state index in [1.54, 1.807) is 72.8 Å². The van der Waals surface area contributed by atoms with Gasteiger partial charge in [0.15, 0.2) is 0 Å². The van der Waals surface area contributed by atoms with Crippen molar-refractivity contribution in [2.75, 3.05) is 17.2 Å². The Morgan fingerprint density at radius 3 is 1.23 bits per heavy atom. The van der Waals surface area contributed by atoms with Crippen molar-refractivity contribution < 1.29 is 14.4 Å². The van der Waals surface area contributed by atoms with Gasteiger partial charge in [0.2, 0.25) is 5.91 Å². The molecule has 0 heterocycles. The second kappa shape index (κ2) is 11.3. The molecule has 12 N–H and O–H groups in total. The van der Waals surface area contributed by atoms with E-state index in [1.165, 1.54) is 0 Å². The Bertz CT molecular complexity index is 981. The lowest BCUT2D eigenvalue weighted by molar-refractivity contribution is 0.0992. The maximum Gasteiger partial charge on any atom is 0.250 e. The van der Waals surface area contributed by atoms with Crippen LogP contribution >= 0.6 is 0 Å². The van der Waals surface area contributed by atoms with Crippen LogP contribution in [-0.2, 0) is 0 Å². The van der Waals surface area contributed by atoms with Crippen LogP contribution in [0.1, 0.15) is 31.1 Å². The number of hydrogen-bond donors (Lipinski definition) is 6. The standard InChI is InChI=1S/3C7H8N2O/c8-6-3-1-2-5(4-6)7(9)10;2*8-6-4-2-1-3-5(6)7(9)10/h3*1-4H,8H2,(H2,9,10). The molecule has 0 saturated carbocycles. The topological polar surface area (TPSA) is 207 Å². The van der Waals surface area contributed by atoms with E-state index in [-0.39, 0.29) is 0 Å². The summed E-state index contributed by atoms with van der Waals surface area (Å²) >= 11 is 0. The fourth-order valence-corrected chi connectivity index (χ4v) is 2.13. The summed E-state index contributed by atoms with van der Waals surface area (Å²) in [5, 5.41) is 0. The minimum absolute atomic E-state index is 0.377. The number of hydrogen-bond acceptors (Lipinski definition) is 6. The van der Waals surface area contributed by atoms with Gasteiger partial charge in [0, 0.05) is 22.6 Å². The molecule has 0 aliphatic carbocycles. The third-order valence-electron chi connectivity index (χ3n) is 3.62. The summed E-state index contributed by atoms with van der Waals surface area (Å²) in [5.41, 5.74) is 33.8. The average molecular weight is 408 g/mol. The van der Waals surface area contributed by atoms with Gasteiger partial charge in [-0.1, -0.05) is 30.3 Å². The zero-order chi connectivity index (χ0) is 22.7. The molecule has 0 radical (unpaired) electrons. The molecule has 3 rings (SSSR count). The molecule has 0 spiro atoms. The Hall–Kier alpha value is -4.53. The monoisotopic (exact) mass is 408 g/mol. The van der Waals surface area contributed by atoms with Crippen LogP contribution in [0.25, 0.3) is 0 Å². The average Bonchev–Trinajstić information content (AvgIpc) is 2.69. The maximum absolute atomic E-state index is 10.6. The van der Waals surface area contributed by atoms with Crippen LogP contribution in [0, 0.1) is 0 Å². The predicted molar refractivity (Wildman–Crippen MR) is 118 cm³/mol. The lowest BCUT2D eigenvalue weighted by Gasteiger charge is -1.97. The van der Waals surface area contributed by atoms with Crippen molar-refractivity contribution in [3.63, 3.8) is 0 Å². The zero-order valence-corrected chi connectivity index (χ0v) is 16.1. The number of primary amides is 3. The number of anilines is 3. The minimum Gasteiger partial charge on any atom is -0.399 e. The molecule has 9 nitrogen and oxygen atoms in total. The maximum atomic E-state index is 10.6. The summed E-state index contributed by atoms with van der Waals surface area (Å²) < 4.78 is 0. The molecule has 3 amide bonds. The zero-order valence-electron chi connectivity index (χ0n) is 16.1. The van der Waals surface area contributed by atoms with E-state index in [0.29, 0.717) is 33.8 Å². The fraction of sp³-hybridized carbons (Fsp3) is 0. The van der Waals surface area contributed by atoms with Crippen LogP contribution in [-0.4, -0.2) is 17.7 Å². The molecule has 0 unspecified atom stereocenters. The van der Waals surface area contributed by atoms with E-state index in [2.05, 4.69) is 0 Å². The first kappa shape index (κ1) is 23.5. The van der Waals surface area contributed by atoms with Crippen LogP contribution < -0.4 is 34.4 Å². The Morgan fingerprint density at radius 1 is 0.533 bits per heavy atom. The molecule has 3 aromatic carbocycles. The molecule has 0 saturated heterocycles. The summed E-state index contributed by atoms with van der Waals surface area (Å²) in [5.74, 6) is -1.43. The molecule has 30 heavy (non-hydrogen) atoms. The first-order valence-electron chi connectivity index (χ1n) is 8.57. The fourth-order valence-electron chi connectivity index (χ4n) is 2.13. The van der Waals surface area contributed by atoms with E-state index in [1.807, 2.05) is 0 Å². The van der Waals surface area contributed by atoms with Crippen LogP contribution in [0.2, 0.25) is 0 Å². The van der Waals surface area contributed by atoms with Gasteiger partial charge in [-0.15, -0.1) is 0 Å². The SMILES string of the molecule is NC(=O)c1cccc(N)c1.NC(=O)c1ccccc1N.NC(=O)c1ccccc1N. The summed E-state index contributed by atoms with van der Waals surface area (Å²) in [7, 11) is 0. The number of nitrogen functional groups attached to an aromatic ring is 3. The molecule has 9 heteroatoms. The van der Waals surface area contributed by atoms with Crippen LogP contribution in [0.3, 0.4) is 0 Å². The molecule has 3 aromatic rings. The molecule has 0 aliphatic heterocycles. The van der Waals surface area contributed by atoms with Crippen molar-refractivity contribution in [2.24, 2.45) is 17.2 Å². The molecule has 0 aliphatic rings. The van der Waals surface area contributed by atoms with Gasteiger partial charge in [-0.25, -0.2) is 0 Å². The van der Waals surface area contributed by atoms with Gasteiger partial charge in [-0.05, 0) is 42.5 Å². The Kier molecular flexibility index (Phi) is 8.89. The van der Waals surface area contributed by atoms with Crippen molar-refractivity contribution in [2.45, 2.75) is 0 Å². The lowest BCUT2D eigenvalue weighted by Crippen LogP contribution is -2.12. The molecule has 156 valence electrons. The summed E-state index contributed by atoms with van der Waals surface area (Å²) in [4.78, 5) is 31.6. The lowest BCUT2D eigenvalue weighted by atomic mass is 10.2. The second-order valence-corrected chi connectivity index (χ2v) is 5.89. The van der Waals surface area contributed by atoms with Gasteiger partial charge in [-0.3, -0.25) is 14.4 Å². The molecule has 0 bridgehead atoms. The van der Waals surface area contributed by atoms with Crippen LogP contribution in [0.15, 0.2) is 72.8 Å². The molecule has 0 fully saturated rings. The highest BCUT2D eigenvalue weighted by atomic mass is 16.2. The minimum atomic E-state index is -0.488. The number of rotatable bonds is 3. The van der Waals surface area contributed by atoms with Crippen LogP contribution in [0.5, 0.6) is 0 Å². The van der Waals surface area contributed by atoms with E-state index in [9.17, 15) is 14.4 Å². The Morgan fingerprint density at radius 2 is 0.967 bits per heavy atom. The van der Waals surface area contributed by atoms with Crippen molar-refractivity contribution in [1.29, 1.82) is 0 Å². The smallest absolute Gasteiger partial charge is 0.250 e. The molecular weight excluding hydrogens is 384 g/mol. The van der Waals surface area contributed by atoms with Gasteiger partial charge >= 0.3 is 0 Å². The number of benzene rings is 3. The molecule has 0 atom stereocenters. The highest BCUT2D eigenvalue weighted by Gasteiger charge is 2.02. The third kappa shape index (κ3) is 7.61. The first-order valence-corrected chi connectivity index (χ1v) is 8.57. The number of carbonyl (C=O) groups excluding carboxylic acids is 3.